The maximum atomic E-state index is 2.48. The van der Waals surface area contributed by atoms with Crippen molar-refractivity contribution in [2.24, 2.45) is 0 Å². The van der Waals surface area contributed by atoms with Crippen molar-refractivity contribution in [1.82, 2.24) is 0 Å². The van der Waals surface area contributed by atoms with E-state index in [9.17, 15) is 0 Å². The maximum Gasteiger partial charge on any atom is 0.0159 e. The number of fused-ring (bicyclic) bond motifs is 8. The second kappa shape index (κ2) is 10.5. The lowest BCUT2D eigenvalue weighted by molar-refractivity contribution is 0.661. The molecule has 49 heavy (non-hydrogen) atoms. The molecule has 1 aliphatic rings. The molecule has 0 fully saturated rings. The molecular weight excluding hydrogens is 589 g/mol. The molecule has 9 aromatic rings. The van der Waals surface area contributed by atoms with Gasteiger partial charge in [-0.3, -0.25) is 0 Å². The fourth-order valence-electron chi connectivity index (χ4n) is 8.71. The van der Waals surface area contributed by atoms with Crippen LogP contribution < -0.4 is 0 Å². The van der Waals surface area contributed by atoms with E-state index in [2.05, 4.69) is 184 Å². The lowest BCUT2D eigenvalue weighted by atomic mass is 9.80. The first-order chi connectivity index (χ1) is 24.1. The summed E-state index contributed by atoms with van der Waals surface area (Å²) in [5.74, 6) is 0. The number of hydrogen-bond donors (Lipinski definition) is 0. The summed E-state index contributed by atoms with van der Waals surface area (Å²) in [7, 11) is 0. The van der Waals surface area contributed by atoms with Crippen molar-refractivity contribution in [3.05, 3.63) is 181 Å². The van der Waals surface area contributed by atoms with Crippen LogP contribution in [0.25, 0.3) is 87.6 Å². The zero-order valence-corrected chi connectivity index (χ0v) is 27.7. The minimum atomic E-state index is -0.0952. The molecule has 0 saturated carbocycles. The molecular formula is C49H34. The van der Waals surface area contributed by atoms with Gasteiger partial charge < -0.3 is 0 Å². The SMILES string of the molecule is CC1(C)c2cc(-c3c4ccccc4c(-c4ccc(-c5cccc6ccccc56)cc4)c4ccccc34)ccc2-c2c1ccc1ccccc21. The van der Waals surface area contributed by atoms with E-state index in [1.54, 1.807) is 0 Å². The lowest BCUT2D eigenvalue weighted by Gasteiger charge is -2.23. The minimum absolute atomic E-state index is 0.0952. The van der Waals surface area contributed by atoms with E-state index in [0.717, 1.165) is 0 Å². The highest BCUT2D eigenvalue weighted by Crippen LogP contribution is 2.53. The van der Waals surface area contributed by atoms with Gasteiger partial charge in [0.2, 0.25) is 0 Å². The topological polar surface area (TPSA) is 0 Å². The predicted octanol–water partition coefficient (Wildman–Crippen LogP) is 13.6. The standard InChI is InChI=1S/C49H34/c1-49(2)44-29-27-32-13-4-6-16-38(32)48(44)43-28-26-35(30-45(43)49)47-41-19-9-7-17-39(41)46(40-18-8-10-20-42(40)47)34-24-22-33(23-25-34)37-21-11-14-31-12-3-5-15-36(31)37/h3-30H,1-2H3. The summed E-state index contributed by atoms with van der Waals surface area (Å²) in [5, 5.41) is 10.3. The van der Waals surface area contributed by atoms with Gasteiger partial charge in [0.25, 0.3) is 0 Å². The summed E-state index contributed by atoms with van der Waals surface area (Å²) in [6.45, 7) is 4.77. The number of benzene rings is 9. The lowest BCUT2D eigenvalue weighted by Crippen LogP contribution is -2.15. The van der Waals surface area contributed by atoms with E-state index in [-0.39, 0.29) is 5.41 Å². The van der Waals surface area contributed by atoms with Gasteiger partial charge in [0.05, 0.1) is 0 Å². The van der Waals surface area contributed by atoms with Gasteiger partial charge in [0, 0.05) is 5.41 Å². The molecule has 0 heterocycles. The Bertz CT molecular complexity index is 2720. The van der Waals surface area contributed by atoms with Gasteiger partial charge in [0.15, 0.2) is 0 Å². The Labute approximate surface area is 286 Å². The first kappa shape index (κ1) is 28.1. The van der Waals surface area contributed by atoms with Crippen molar-refractivity contribution in [1.29, 1.82) is 0 Å². The second-order valence-electron chi connectivity index (χ2n) is 14.0. The minimum Gasteiger partial charge on any atom is -0.0616 e. The first-order valence-electron chi connectivity index (χ1n) is 17.3. The normalized spacial score (nSPS) is 13.3. The van der Waals surface area contributed by atoms with Crippen molar-refractivity contribution in [3.8, 4) is 44.5 Å². The average Bonchev–Trinajstić information content (AvgIpc) is 3.39. The molecule has 0 spiro atoms. The summed E-state index contributed by atoms with van der Waals surface area (Å²) in [6, 6.07) is 63.1. The Morgan fingerprint density at radius 1 is 0.306 bits per heavy atom. The third kappa shape index (κ3) is 4.11. The maximum absolute atomic E-state index is 2.48. The van der Waals surface area contributed by atoms with Gasteiger partial charge >= 0.3 is 0 Å². The van der Waals surface area contributed by atoms with Gasteiger partial charge in [-0.1, -0.05) is 178 Å². The van der Waals surface area contributed by atoms with E-state index in [0.29, 0.717) is 0 Å². The zero-order valence-electron chi connectivity index (χ0n) is 27.7. The Balaban J connectivity index is 1.17. The summed E-state index contributed by atoms with van der Waals surface area (Å²) in [6.07, 6.45) is 0. The number of hydrogen-bond acceptors (Lipinski definition) is 0. The molecule has 0 aromatic heterocycles. The third-order valence-electron chi connectivity index (χ3n) is 11.1. The smallest absolute Gasteiger partial charge is 0.0159 e. The van der Waals surface area contributed by atoms with Gasteiger partial charge in [-0.25, -0.2) is 0 Å². The van der Waals surface area contributed by atoms with Gasteiger partial charge in [-0.05, 0) is 105 Å². The summed E-state index contributed by atoms with van der Waals surface area (Å²) < 4.78 is 0. The molecule has 0 atom stereocenters. The first-order valence-corrected chi connectivity index (χ1v) is 17.3. The van der Waals surface area contributed by atoms with E-state index in [1.165, 1.54) is 98.7 Å². The van der Waals surface area contributed by atoms with E-state index >= 15 is 0 Å². The van der Waals surface area contributed by atoms with Crippen molar-refractivity contribution in [2.45, 2.75) is 19.3 Å². The molecule has 0 bridgehead atoms. The average molecular weight is 623 g/mol. The van der Waals surface area contributed by atoms with Crippen LogP contribution in [-0.4, -0.2) is 0 Å². The third-order valence-corrected chi connectivity index (χ3v) is 11.1. The highest BCUT2D eigenvalue weighted by Gasteiger charge is 2.36. The fraction of sp³-hybridized carbons (Fsp3) is 0.0612. The molecule has 0 nitrogen and oxygen atoms in total. The van der Waals surface area contributed by atoms with Crippen LogP contribution in [0.4, 0.5) is 0 Å². The van der Waals surface area contributed by atoms with Crippen molar-refractivity contribution >= 4 is 43.1 Å². The second-order valence-corrected chi connectivity index (χ2v) is 14.0. The van der Waals surface area contributed by atoms with Crippen molar-refractivity contribution < 1.29 is 0 Å². The molecule has 0 amide bonds. The molecule has 0 heteroatoms. The number of rotatable bonds is 3. The highest BCUT2D eigenvalue weighted by atomic mass is 14.4. The van der Waals surface area contributed by atoms with Crippen molar-refractivity contribution in [3.63, 3.8) is 0 Å². The van der Waals surface area contributed by atoms with Crippen LogP contribution in [0.15, 0.2) is 170 Å². The Morgan fingerprint density at radius 3 is 1.45 bits per heavy atom. The van der Waals surface area contributed by atoms with E-state index in [4.69, 9.17) is 0 Å². The molecule has 230 valence electrons. The van der Waals surface area contributed by atoms with Crippen LogP contribution in [-0.2, 0) is 5.41 Å². The fourth-order valence-corrected chi connectivity index (χ4v) is 8.71. The monoisotopic (exact) mass is 622 g/mol. The summed E-state index contributed by atoms with van der Waals surface area (Å²) >= 11 is 0. The van der Waals surface area contributed by atoms with Crippen LogP contribution >= 0.6 is 0 Å². The van der Waals surface area contributed by atoms with Gasteiger partial charge in [-0.2, -0.15) is 0 Å². The van der Waals surface area contributed by atoms with E-state index in [1.807, 2.05) is 0 Å². The van der Waals surface area contributed by atoms with Crippen LogP contribution in [0.3, 0.4) is 0 Å². The Morgan fingerprint density at radius 2 is 0.796 bits per heavy atom. The molecule has 0 N–H and O–H groups in total. The molecule has 1 aliphatic carbocycles. The molecule has 9 aromatic carbocycles. The summed E-state index contributed by atoms with van der Waals surface area (Å²) in [4.78, 5) is 0. The van der Waals surface area contributed by atoms with Crippen LogP contribution in [0, 0.1) is 0 Å². The van der Waals surface area contributed by atoms with Crippen LogP contribution in [0.1, 0.15) is 25.0 Å². The van der Waals surface area contributed by atoms with Crippen LogP contribution in [0.5, 0.6) is 0 Å². The zero-order chi connectivity index (χ0) is 32.7. The molecule has 0 saturated heterocycles. The van der Waals surface area contributed by atoms with Crippen LogP contribution in [0.2, 0.25) is 0 Å². The van der Waals surface area contributed by atoms with Gasteiger partial charge in [0.1, 0.15) is 0 Å². The van der Waals surface area contributed by atoms with Gasteiger partial charge in [-0.15, -0.1) is 0 Å². The predicted molar refractivity (Wildman–Crippen MR) is 210 cm³/mol. The molecule has 0 aliphatic heterocycles. The molecule has 10 rings (SSSR count). The van der Waals surface area contributed by atoms with Crippen molar-refractivity contribution in [2.75, 3.05) is 0 Å². The largest absolute Gasteiger partial charge is 0.0616 e. The Hall–Kier alpha value is -5.98. The van der Waals surface area contributed by atoms with E-state index < -0.39 is 0 Å². The highest BCUT2D eigenvalue weighted by molar-refractivity contribution is 6.21. The quantitative estimate of drug-likeness (QED) is 0.172. The molecule has 0 unspecified atom stereocenters. The molecule has 0 radical (unpaired) electrons. The Kier molecular flexibility index (Phi) is 6.02. The summed E-state index contributed by atoms with van der Waals surface area (Å²) in [5.41, 5.74) is 13.1.